The fourth-order valence-electron chi connectivity index (χ4n) is 2.07. The van der Waals surface area contributed by atoms with Crippen LogP contribution in [0.1, 0.15) is 32.3 Å². The van der Waals surface area contributed by atoms with Gasteiger partial charge in [-0.2, -0.15) is 0 Å². The second kappa shape index (κ2) is 5.76. The van der Waals surface area contributed by atoms with Crippen LogP contribution in [0.3, 0.4) is 0 Å². The molecule has 4 heteroatoms. The maximum atomic E-state index is 8.79. The van der Waals surface area contributed by atoms with Crippen molar-refractivity contribution in [3.63, 3.8) is 0 Å². The summed E-state index contributed by atoms with van der Waals surface area (Å²) < 4.78 is 11.2. The number of hydrogen-bond acceptors (Lipinski definition) is 4. The smallest absolute Gasteiger partial charge is 0.134 e. The van der Waals surface area contributed by atoms with Crippen LogP contribution in [0.4, 0.5) is 0 Å². The van der Waals surface area contributed by atoms with Crippen molar-refractivity contribution >= 4 is 5.71 Å². The third kappa shape index (κ3) is 2.75. The van der Waals surface area contributed by atoms with E-state index in [9.17, 15) is 0 Å². The molecule has 0 aliphatic carbocycles. The lowest BCUT2D eigenvalue weighted by atomic mass is 10.1. The Hall–Kier alpha value is -1.71. The molecule has 1 aromatic rings. The zero-order chi connectivity index (χ0) is 13.0. The molecular formula is C14H19NO3. The highest BCUT2D eigenvalue weighted by Gasteiger charge is 2.20. The van der Waals surface area contributed by atoms with Crippen LogP contribution in [0.5, 0.6) is 11.5 Å². The molecule has 0 amide bonds. The maximum absolute atomic E-state index is 8.79. The van der Waals surface area contributed by atoms with Gasteiger partial charge in [-0.05, 0) is 24.5 Å². The van der Waals surface area contributed by atoms with E-state index in [1.165, 1.54) is 12.8 Å². The normalized spacial score (nSPS) is 17.3. The van der Waals surface area contributed by atoms with Crippen LogP contribution >= 0.6 is 0 Å². The summed E-state index contributed by atoms with van der Waals surface area (Å²) in [7, 11) is 0. The third-order valence-electron chi connectivity index (χ3n) is 3.07. The molecule has 0 saturated heterocycles. The van der Waals surface area contributed by atoms with Gasteiger partial charge in [0.1, 0.15) is 23.8 Å². The van der Waals surface area contributed by atoms with E-state index in [2.05, 4.69) is 19.0 Å². The van der Waals surface area contributed by atoms with E-state index in [4.69, 9.17) is 14.7 Å². The Morgan fingerprint density at radius 3 is 3.06 bits per heavy atom. The lowest BCUT2D eigenvalue weighted by Crippen LogP contribution is -2.08. The van der Waals surface area contributed by atoms with Crippen molar-refractivity contribution in [1.29, 1.82) is 0 Å². The highest BCUT2D eigenvalue weighted by Crippen LogP contribution is 2.30. The van der Waals surface area contributed by atoms with Gasteiger partial charge >= 0.3 is 0 Å². The van der Waals surface area contributed by atoms with Crippen molar-refractivity contribution < 1.29 is 14.7 Å². The predicted octanol–water partition coefficient (Wildman–Crippen LogP) is 3.07. The van der Waals surface area contributed by atoms with E-state index in [0.29, 0.717) is 24.8 Å². The molecule has 1 atom stereocenters. The van der Waals surface area contributed by atoms with Crippen LogP contribution in [0.2, 0.25) is 0 Å². The SMILES string of the molecule is CCCC(C)COc1ccc2c(c1)OCC2=NO. The molecule has 0 bridgehead atoms. The monoisotopic (exact) mass is 249 g/mol. The average molecular weight is 249 g/mol. The molecule has 98 valence electrons. The first-order valence-corrected chi connectivity index (χ1v) is 6.35. The van der Waals surface area contributed by atoms with Gasteiger partial charge in [0.25, 0.3) is 0 Å². The highest BCUT2D eigenvalue weighted by atomic mass is 16.5. The number of nitrogens with zero attached hydrogens (tertiary/aromatic N) is 1. The average Bonchev–Trinajstić information content (AvgIpc) is 2.79. The van der Waals surface area contributed by atoms with Crippen molar-refractivity contribution in [2.24, 2.45) is 11.1 Å². The lowest BCUT2D eigenvalue weighted by Gasteiger charge is -2.12. The van der Waals surface area contributed by atoms with E-state index < -0.39 is 0 Å². The Bertz CT molecular complexity index is 443. The van der Waals surface area contributed by atoms with E-state index in [1.807, 2.05) is 18.2 Å². The summed E-state index contributed by atoms with van der Waals surface area (Å²) in [6.07, 6.45) is 2.34. The Kier molecular flexibility index (Phi) is 4.07. The molecule has 1 heterocycles. The van der Waals surface area contributed by atoms with Gasteiger partial charge in [-0.25, -0.2) is 0 Å². The van der Waals surface area contributed by atoms with Gasteiger partial charge < -0.3 is 14.7 Å². The molecule has 1 aromatic carbocycles. The van der Waals surface area contributed by atoms with E-state index in [0.717, 1.165) is 17.1 Å². The van der Waals surface area contributed by atoms with Gasteiger partial charge in [0, 0.05) is 11.6 Å². The van der Waals surface area contributed by atoms with Crippen LogP contribution in [0, 0.1) is 5.92 Å². The predicted molar refractivity (Wildman–Crippen MR) is 69.8 cm³/mol. The molecule has 0 saturated carbocycles. The fraction of sp³-hybridized carbons (Fsp3) is 0.500. The van der Waals surface area contributed by atoms with Gasteiger partial charge in [-0.15, -0.1) is 0 Å². The van der Waals surface area contributed by atoms with Crippen molar-refractivity contribution in [3.05, 3.63) is 23.8 Å². The summed E-state index contributed by atoms with van der Waals surface area (Å²) in [5.41, 5.74) is 1.40. The number of oxime groups is 1. The quantitative estimate of drug-likeness (QED) is 0.644. The summed E-state index contributed by atoms with van der Waals surface area (Å²) in [5.74, 6) is 2.08. The van der Waals surface area contributed by atoms with Crippen molar-refractivity contribution in [2.45, 2.75) is 26.7 Å². The molecule has 0 fully saturated rings. The zero-order valence-corrected chi connectivity index (χ0v) is 10.8. The fourth-order valence-corrected chi connectivity index (χ4v) is 2.07. The van der Waals surface area contributed by atoms with Crippen LogP contribution in [0.25, 0.3) is 0 Å². The Labute approximate surface area is 107 Å². The molecule has 0 spiro atoms. The largest absolute Gasteiger partial charge is 0.493 e. The minimum Gasteiger partial charge on any atom is -0.493 e. The van der Waals surface area contributed by atoms with Gasteiger partial charge in [0.05, 0.1) is 6.61 Å². The summed E-state index contributed by atoms with van der Waals surface area (Å²) >= 11 is 0. The van der Waals surface area contributed by atoms with Crippen LogP contribution in [0.15, 0.2) is 23.4 Å². The number of hydrogen-bond donors (Lipinski definition) is 1. The minimum atomic E-state index is 0.321. The zero-order valence-electron chi connectivity index (χ0n) is 10.8. The van der Waals surface area contributed by atoms with E-state index in [-0.39, 0.29) is 0 Å². The molecule has 1 N–H and O–H groups in total. The second-order valence-electron chi connectivity index (χ2n) is 4.70. The van der Waals surface area contributed by atoms with Crippen LogP contribution in [-0.2, 0) is 0 Å². The molecule has 0 aromatic heterocycles. The van der Waals surface area contributed by atoms with Gasteiger partial charge in [-0.3, -0.25) is 0 Å². The Morgan fingerprint density at radius 2 is 2.33 bits per heavy atom. The number of fused-ring (bicyclic) bond motifs is 1. The molecule has 1 unspecified atom stereocenters. The van der Waals surface area contributed by atoms with Crippen LogP contribution in [-0.4, -0.2) is 24.1 Å². The maximum Gasteiger partial charge on any atom is 0.134 e. The summed E-state index contributed by atoms with van der Waals surface area (Å²) in [5, 5.41) is 12.0. The lowest BCUT2D eigenvalue weighted by molar-refractivity contribution is 0.250. The van der Waals surface area contributed by atoms with Crippen LogP contribution < -0.4 is 9.47 Å². The standard InChI is InChI=1S/C14H19NO3/c1-3-4-10(2)8-17-11-5-6-12-13(15-16)9-18-14(12)7-11/h5-7,10,16H,3-4,8-9H2,1-2H3. The summed E-state index contributed by atoms with van der Waals surface area (Å²) in [6, 6.07) is 5.61. The van der Waals surface area contributed by atoms with Gasteiger partial charge in [0.2, 0.25) is 0 Å². The first kappa shape index (κ1) is 12.7. The Morgan fingerprint density at radius 1 is 1.50 bits per heavy atom. The summed E-state index contributed by atoms with van der Waals surface area (Å²) in [6.45, 7) is 5.40. The second-order valence-corrected chi connectivity index (χ2v) is 4.70. The first-order chi connectivity index (χ1) is 8.74. The topological polar surface area (TPSA) is 51.0 Å². The molecule has 1 aliphatic heterocycles. The Balaban J connectivity index is 2.00. The van der Waals surface area contributed by atoms with E-state index in [1.54, 1.807) is 0 Å². The molecule has 2 rings (SSSR count). The number of ether oxygens (including phenoxy) is 2. The highest BCUT2D eigenvalue weighted by molar-refractivity contribution is 6.05. The minimum absolute atomic E-state index is 0.321. The number of rotatable bonds is 5. The van der Waals surface area contributed by atoms with Gasteiger partial charge in [-0.1, -0.05) is 25.4 Å². The summed E-state index contributed by atoms with van der Waals surface area (Å²) in [4.78, 5) is 0. The molecular weight excluding hydrogens is 230 g/mol. The number of benzene rings is 1. The van der Waals surface area contributed by atoms with Crippen molar-refractivity contribution in [2.75, 3.05) is 13.2 Å². The van der Waals surface area contributed by atoms with Gasteiger partial charge in [0.15, 0.2) is 0 Å². The first-order valence-electron chi connectivity index (χ1n) is 6.35. The van der Waals surface area contributed by atoms with E-state index >= 15 is 0 Å². The van der Waals surface area contributed by atoms with Crippen molar-refractivity contribution in [3.8, 4) is 11.5 Å². The molecule has 4 nitrogen and oxygen atoms in total. The molecule has 18 heavy (non-hydrogen) atoms. The molecule has 0 radical (unpaired) electrons. The molecule has 1 aliphatic rings. The third-order valence-corrected chi connectivity index (χ3v) is 3.07. The van der Waals surface area contributed by atoms with Crippen molar-refractivity contribution in [1.82, 2.24) is 0 Å².